The minimum Gasteiger partial charge on any atom is -0.352 e. The Hall–Kier alpha value is -4.57. The summed E-state index contributed by atoms with van der Waals surface area (Å²) in [7, 11) is 0. The minimum atomic E-state index is -0.415. The number of non-ortho nitro benzene ring substituents is 1. The second-order valence-electron chi connectivity index (χ2n) is 9.51. The molecule has 1 fully saturated rings. The molecule has 0 bridgehead atoms. The van der Waals surface area contributed by atoms with Gasteiger partial charge in [-0.15, -0.1) is 0 Å². The summed E-state index contributed by atoms with van der Waals surface area (Å²) in [6.07, 6.45) is 3.89. The molecule has 4 aromatic rings. The third-order valence-electron chi connectivity index (χ3n) is 6.87. The lowest BCUT2D eigenvalue weighted by molar-refractivity contribution is -0.384. The van der Waals surface area contributed by atoms with E-state index in [2.05, 4.69) is 15.6 Å². The van der Waals surface area contributed by atoms with Gasteiger partial charge < -0.3 is 20.1 Å². The van der Waals surface area contributed by atoms with Gasteiger partial charge >= 0.3 is 0 Å². The molecule has 39 heavy (non-hydrogen) atoms. The largest absolute Gasteiger partial charge is 0.352 e. The number of nitrogens with zero attached hydrogens (tertiary/aromatic N) is 4. The van der Waals surface area contributed by atoms with Gasteiger partial charge in [-0.05, 0) is 79.7 Å². The van der Waals surface area contributed by atoms with Crippen molar-refractivity contribution in [2.45, 2.75) is 32.4 Å². The Morgan fingerprint density at radius 3 is 2.62 bits per heavy atom. The summed E-state index contributed by atoms with van der Waals surface area (Å²) in [5, 5.41) is 18.1. The maximum absolute atomic E-state index is 13.0. The van der Waals surface area contributed by atoms with Crippen molar-refractivity contribution in [1.82, 2.24) is 19.8 Å². The van der Waals surface area contributed by atoms with Crippen molar-refractivity contribution >= 4 is 34.6 Å². The Labute approximate surface area is 231 Å². The topological polar surface area (TPSA) is 105 Å². The molecule has 0 radical (unpaired) electrons. The zero-order valence-corrected chi connectivity index (χ0v) is 22.4. The number of benzene rings is 2. The van der Waals surface area contributed by atoms with Gasteiger partial charge in [0.05, 0.1) is 22.7 Å². The van der Waals surface area contributed by atoms with Gasteiger partial charge in [-0.3, -0.25) is 19.9 Å². The molecular formula is C29H28N6O3S. The lowest BCUT2D eigenvalue weighted by atomic mass is 10.0. The Morgan fingerprint density at radius 1 is 1.10 bits per heavy atom. The fraction of sp³-hybridized carbons (Fsp3) is 0.207. The molecular weight excluding hydrogens is 512 g/mol. The molecule has 2 unspecified atom stereocenters. The number of carbonyl (C=O) groups is 1. The quantitative estimate of drug-likeness (QED) is 0.175. The number of carbonyl (C=O) groups excluding carboxylic acids is 1. The van der Waals surface area contributed by atoms with Crippen LogP contribution in [0.3, 0.4) is 0 Å². The van der Waals surface area contributed by atoms with Crippen LogP contribution in [0.5, 0.6) is 0 Å². The number of hydrogen-bond donors (Lipinski definition) is 2. The van der Waals surface area contributed by atoms with Crippen LogP contribution in [0.2, 0.25) is 0 Å². The lowest BCUT2D eigenvalue weighted by Crippen LogP contribution is -2.33. The number of thiocarbonyl (C=S) groups is 1. The van der Waals surface area contributed by atoms with Crippen LogP contribution in [0.1, 0.15) is 41.0 Å². The Kier molecular flexibility index (Phi) is 7.38. The molecule has 2 aromatic heterocycles. The molecule has 0 aliphatic carbocycles. The molecule has 3 heterocycles. The Bertz CT molecular complexity index is 1520. The van der Waals surface area contributed by atoms with Crippen molar-refractivity contribution < 1.29 is 9.72 Å². The van der Waals surface area contributed by atoms with Gasteiger partial charge in [-0.25, -0.2) is 0 Å². The molecule has 2 N–H and O–H groups in total. The molecule has 1 aliphatic heterocycles. The summed E-state index contributed by atoms with van der Waals surface area (Å²) >= 11 is 5.77. The van der Waals surface area contributed by atoms with Gasteiger partial charge in [0.1, 0.15) is 0 Å². The Morgan fingerprint density at radius 2 is 1.90 bits per heavy atom. The molecule has 0 spiro atoms. The van der Waals surface area contributed by atoms with E-state index in [1.165, 1.54) is 12.1 Å². The van der Waals surface area contributed by atoms with E-state index in [-0.39, 0.29) is 30.1 Å². The van der Waals surface area contributed by atoms with E-state index in [4.69, 9.17) is 12.2 Å². The summed E-state index contributed by atoms with van der Waals surface area (Å²) in [5.41, 5.74) is 5.43. The lowest BCUT2D eigenvalue weighted by Gasteiger charge is -2.29. The van der Waals surface area contributed by atoms with Gasteiger partial charge in [0.2, 0.25) is 5.91 Å². The number of nitrogens with one attached hydrogen (secondary N) is 2. The van der Waals surface area contributed by atoms with E-state index in [1.807, 2.05) is 78.0 Å². The zero-order chi connectivity index (χ0) is 27.5. The average molecular weight is 541 g/mol. The summed E-state index contributed by atoms with van der Waals surface area (Å²) in [6.45, 7) is 4.35. The predicted molar refractivity (Wildman–Crippen MR) is 154 cm³/mol. The highest BCUT2D eigenvalue weighted by Crippen LogP contribution is 2.39. The highest BCUT2D eigenvalue weighted by molar-refractivity contribution is 7.80. The average Bonchev–Trinajstić information content (AvgIpc) is 3.54. The number of hydrogen-bond acceptors (Lipinski definition) is 5. The van der Waals surface area contributed by atoms with E-state index in [0.717, 1.165) is 33.9 Å². The Balaban J connectivity index is 1.44. The van der Waals surface area contributed by atoms with Crippen molar-refractivity contribution in [3.63, 3.8) is 0 Å². The second-order valence-corrected chi connectivity index (χ2v) is 9.90. The maximum Gasteiger partial charge on any atom is 0.269 e. The van der Waals surface area contributed by atoms with E-state index in [1.54, 1.807) is 18.3 Å². The summed E-state index contributed by atoms with van der Waals surface area (Å²) in [4.78, 5) is 30.3. The summed E-state index contributed by atoms with van der Waals surface area (Å²) in [6, 6.07) is 21.5. The number of aryl methyl sites for hydroxylation is 2. The number of pyridine rings is 1. The van der Waals surface area contributed by atoms with Crippen molar-refractivity contribution in [1.29, 1.82) is 0 Å². The van der Waals surface area contributed by atoms with Crippen LogP contribution in [0, 0.1) is 24.0 Å². The molecule has 5 rings (SSSR count). The molecule has 0 saturated carbocycles. The smallest absolute Gasteiger partial charge is 0.269 e. The fourth-order valence-electron chi connectivity index (χ4n) is 4.88. The number of anilines is 1. The molecule has 2 atom stereocenters. The van der Waals surface area contributed by atoms with E-state index >= 15 is 0 Å². The van der Waals surface area contributed by atoms with Crippen LogP contribution in [-0.2, 0) is 4.79 Å². The zero-order valence-electron chi connectivity index (χ0n) is 21.6. The van der Waals surface area contributed by atoms with Gasteiger partial charge in [0.15, 0.2) is 5.11 Å². The molecule has 198 valence electrons. The van der Waals surface area contributed by atoms with Gasteiger partial charge in [0.25, 0.3) is 5.69 Å². The minimum absolute atomic E-state index is 0.0269. The standard InChI is InChI=1S/C29H28N6O3S/c1-19-8-9-20(2)24(18-19)31-26(36)14-17-34-28(27(32-29(34)39)23-6-3-4-15-30-23)25-7-5-16-33(25)21-10-12-22(13-11-21)35(37)38/h3-13,15-16,18,27-28H,14,17H2,1-2H3,(H,31,36)(H,32,39). The normalized spacial score (nSPS) is 16.7. The molecule has 2 aromatic carbocycles. The van der Waals surface area contributed by atoms with Gasteiger partial charge in [-0.1, -0.05) is 18.2 Å². The second kappa shape index (κ2) is 11.0. The van der Waals surface area contributed by atoms with Crippen molar-refractivity contribution in [2.75, 3.05) is 11.9 Å². The number of nitro benzene ring substituents is 1. The maximum atomic E-state index is 13.0. The summed E-state index contributed by atoms with van der Waals surface area (Å²) < 4.78 is 1.99. The third kappa shape index (κ3) is 5.51. The molecule has 1 amide bonds. The number of amides is 1. The van der Waals surface area contributed by atoms with Crippen LogP contribution in [0.25, 0.3) is 5.69 Å². The highest BCUT2D eigenvalue weighted by Gasteiger charge is 2.41. The SMILES string of the molecule is Cc1ccc(C)c(NC(=O)CCN2C(=S)NC(c3ccccn3)C2c2cccn2-c2ccc([N+](=O)[O-])cc2)c1. The van der Waals surface area contributed by atoms with Crippen LogP contribution in [-0.4, -0.2) is 36.9 Å². The monoisotopic (exact) mass is 540 g/mol. The fourth-order valence-corrected chi connectivity index (χ4v) is 5.21. The van der Waals surface area contributed by atoms with E-state index < -0.39 is 4.92 Å². The van der Waals surface area contributed by atoms with E-state index in [0.29, 0.717) is 11.7 Å². The molecule has 9 nitrogen and oxygen atoms in total. The van der Waals surface area contributed by atoms with Crippen LogP contribution in [0.4, 0.5) is 11.4 Å². The molecule has 10 heteroatoms. The first kappa shape index (κ1) is 26.1. The van der Waals surface area contributed by atoms with Crippen LogP contribution < -0.4 is 10.6 Å². The number of aromatic nitrogens is 2. The van der Waals surface area contributed by atoms with Crippen LogP contribution in [0.15, 0.2) is 85.2 Å². The number of nitro groups is 1. The third-order valence-corrected chi connectivity index (χ3v) is 7.22. The first-order chi connectivity index (χ1) is 18.8. The van der Waals surface area contributed by atoms with Gasteiger partial charge in [-0.2, -0.15) is 0 Å². The molecule has 1 aliphatic rings. The molecule has 1 saturated heterocycles. The first-order valence-electron chi connectivity index (χ1n) is 12.6. The van der Waals surface area contributed by atoms with Crippen molar-refractivity contribution in [2.24, 2.45) is 0 Å². The van der Waals surface area contributed by atoms with Crippen LogP contribution >= 0.6 is 12.2 Å². The summed E-state index contributed by atoms with van der Waals surface area (Å²) in [5.74, 6) is -0.0997. The van der Waals surface area contributed by atoms with Gasteiger partial charge in [0, 0.05) is 54.6 Å². The van der Waals surface area contributed by atoms with E-state index in [9.17, 15) is 14.9 Å². The van der Waals surface area contributed by atoms with Crippen molar-refractivity contribution in [3.05, 3.63) is 118 Å². The highest BCUT2D eigenvalue weighted by atomic mass is 32.1. The predicted octanol–water partition coefficient (Wildman–Crippen LogP) is 5.40. The van der Waals surface area contributed by atoms with Crippen molar-refractivity contribution in [3.8, 4) is 5.69 Å². The number of rotatable bonds is 8. The first-order valence-corrected chi connectivity index (χ1v) is 13.0.